The second-order valence-corrected chi connectivity index (χ2v) is 21.2. The number of furan rings is 4. The summed E-state index contributed by atoms with van der Waals surface area (Å²) in [5.41, 5.74) is 16.7. The van der Waals surface area contributed by atoms with Crippen molar-refractivity contribution in [1.29, 1.82) is 0 Å². The van der Waals surface area contributed by atoms with Gasteiger partial charge < -0.3 is 17.7 Å². The monoisotopic (exact) mass is 886 g/mol. The fraction of sp³-hybridized carbons (Fsp3) is 0.180. The minimum Gasteiger partial charge on any atom is -0.456 e. The lowest BCUT2D eigenvalue weighted by Gasteiger charge is -2.41. The van der Waals surface area contributed by atoms with Crippen LogP contribution in [0.25, 0.3) is 66.5 Å². The van der Waals surface area contributed by atoms with Crippen LogP contribution in [-0.4, -0.2) is 6.71 Å². The third-order valence-electron chi connectivity index (χ3n) is 14.4. The first-order valence-corrected chi connectivity index (χ1v) is 23.9. The molecule has 2 aliphatic rings. The molecule has 6 heterocycles. The zero-order valence-corrected chi connectivity index (χ0v) is 39.7. The Morgan fingerprint density at radius 2 is 0.853 bits per heavy atom. The Bertz CT molecular complexity index is 3500. The fourth-order valence-electron chi connectivity index (χ4n) is 10.6. The molecule has 0 amide bonds. The first kappa shape index (κ1) is 40.6. The molecule has 0 spiro atoms. The summed E-state index contributed by atoms with van der Waals surface area (Å²) in [5.74, 6) is 3.55. The maximum atomic E-state index is 7.26. The average Bonchev–Trinajstić information content (AvgIpc) is 4.13. The minimum absolute atomic E-state index is 0.0819. The maximum absolute atomic E-state index is 7.26. The molecule has 0 bridgehead atoms. The minimum atomic E-state index is -0.212. The molecule has 11 aromatic rings. The van der Waals surface area contributed by atoms with Gasteiger partial charge in [0.2, 0.25) is 11.8 Å². The van der Waals surface area contributed by atoms with Crippen LogP contribution >= 0.6 is 0 Å². The summed E-state index contributed by atoms with van der Waals surface area (Å²) >= 11 is 0. The Kier molecular flexibility index (Phi) is 8.62. The summed E-state index contributed by atoms with van der Waals surface area (Å²) in [6.07, 6.45) is 0. The highest BCUT2D eigenvalue weighted by molar-refractivity contribution is 7.02. The second kappa shape index (κ2) is 14.4. The van der Waals surface area contributed by atoms with Crippen LogP contribution in [0.2, 0.25) is 0 Å². The quantitative estimate of drug-likeness (QED) is 0.161. The van der Waals surface area contributed by atoms with Gasteiger partial charge in [-0.1, -0.05) is 104 Å². The first-order valence-electron chi connectivity index (χ1n) is 23.9. The lowest BCUT2D eigenvalue weighted by molar-refractivity contribution is 0.589. The molecular weight excluding hydrogens is 835 g/mol. The number of hydrogen-bond donors (Lipinski definition) is 0. The van der Waals surface area contributed by atoms with Crippen molar-refractivity contribution in [3.8, 4) is 22.6 Å². The van der Waals surface area contributed by atoms with E-state index in [0.29, 0.717) is 0 Å². The SMILES string of the molecule is CC(C)c1cc2c3c(c1)N(c1ccc(-c4cc5ccccc5o4)cc1)c1oc4ccc(C(C)(C)C)cc4c1B3c1c(oc3ccc(C(C)(C)C)cc13)N2c1ccc(-c2cc3ccccc3o2)cc1. The molecule has 0 N–H and O–H groups in total. The molecule has 0 radical (unpaired) electrons. The predicted octanol–water partition coefficient (Wildman–Crippen LogP) is 15.8. The summed E-state index contributed by atoms with van der Waals surface area (Å²) in [5, 5.41) is 4.40. The molecular formula is C61H51BN2O4. The molecule has 4 aromatic heterocycles. The third-order valence-corrected chi connectivity index (χ3v) is 14.4. The highest BCUT2D eigenvalue weighted by Crippen LogP contribution is 2.49. The van der Waals surface area contributed by atoms with Gasteiger partial charge in [-0.25, -0.2) is 0 Å². The van der Waals surface area contributed by atoms with Crippen molar-refractivity contribution >= 4 is 101 Å². The Hall–Kier alpha value is -7.64. The highest BCUT2D eigenvalue weighted by atomic mass is 16.4. The van der Waals surface area contributed by atoms with Gasteiger partial charge in [-0.3, -0.25) is 9.80 Å². The number of fused-ring (bicyclic) bond motifs is 10. The maximum Gasteiger partial charge on any atom is 0.262 e. The van der Waals surface area contributed by atoms with Crippen LogP contribution in [0.15, 0.2) is 175 Å². The Morgan fingerprint density at radius 1 is 0.426 bits per heavy atom. The topological polar surface area (TPSA) is 59.0 Å². The van der Waals surface area contributed by atoms with E-state index in [9.17, 15) is 0 Å². The van der Waals surface area contributed by atoms with Crippen LogP contribution in [0.3, 0.4) is 0 Å². The van der Waals surface area contributed by atoms with Gasteiger partial charge in [0.1, 0.15) is 33.9 Å². The molecule has 0 aliphatic carbocycles. The molecule has 0 fully saturated rings. The molecule has 7 heteroatoms. The number of anilines is 6. The zero-order chi connectivity index (χ0) is 46.4. The van der Waals surface area contributed by atoms with Gasteiger partial charge in [0.05, 0.1) is 0 Å². The van der Waals surface area contributed by atoms with Gasteiger partial charge in [-0.2, -0.15) is 0 Å². The van der Waals surface area contributed by atoms with Gasteiger partial charge in [-0.05, 0) is 148 Å². The molecule has 0 saturated carbocycles. The second-order valence-electron chi connectivity index (χ2n) is 21.2. The van der Waals surface area contributed by atoms with Crippen LogP contribution in [-0.2, 0) is 10.8 Å². The molecule has 0 saturated heterocycles. The summed E-state index contributed by atoms with van der Waals surface area (Å²) in [6, 6.07) is 56.5. The number of rotatable bonds is 5. The van der Waals surface area contributed by atoms with Crippen LogP contribution in [0, 0.1) is 0 Å². The fourth-order valence-corrected chi connectivity index (χ4v) is 10.6. The van der Waals surface area contributed by atoms with Crippen molar-refractivity contribution in [3.05, 3.63) is 174 Å². The summed E-state index contributed by atoms with van der Waals surface area (Å²) in [7, 11) is 0. The zero-order valence-electron chi connectivity index (χ0n) is 39.7. The van der Waals surface area contributed by atoms with Crippen molar-refractivity contribution in [1.82, 2.24) is 0 Å². The van der Waals surface area contributed by atoms with Crippen LogP contribution in [0.1, 0.15) is 78.0 Å². The van der Waals surface area contributed by atoms with E-state index in [2.05, 4.69) is 187 Å². The van der Waals surface area contributed by atoms with Crippen LogP contribution < -0.4 is 26.2 Å². The Labute approximate surface area is 396 Å². The molecule has 0 unspecified atom stereocenters. The largest absolute Gasteiger partial charge is 0.456 e. The summed E-state index contributed by atoms with van der Waals surface area (Å²) in [4.78, 5) is 4.73. The normalized spacial score (nSPS) is 13.6. The molecule has 13 rings (SSSR count). The Balaban J connectivity index is 1.09. The lowest BCUT2D eigenvalue weighted by Crippen LogP contribution is -2.60. The van der Waals surface area contributed by atoms with Gasteiger partial charge in [0.15, 0.2) is 0 Å². The van der Waals surface area contributed by atoms with E-state index < -0.39 is 0 Å². The van der Waals surface area contributed by atoms with E-state index in [4.69, 9.17) is 17.7 Å². The number of hydrogen-bond acceptors (Lipinski definition) is 6. The number of nitrogens with zero attached hydrogens (tertiary/aromatic N) is 2. The van der Waals surface area contributed by atoms with Gasteiger partial charge in [0.25, 0.3) is 6.71 Å². The summed E-state index contributed by atoms with van der Waals surface area (Å²) < 4.78 is 27.2. The first-order chi connectivity index (χ1) is 32.8. The Morgan fingerprint density at radius 3 is 1.25 bits per heavy atom. The van der Waals surface area contributed by atoms with Crippen molar-refractivity contribution in [2.24, 2.45) is 0 Å². The molecule has 2 aliphatic heterocycles. The van der Waals surface area contributed by atoms with E-state index in [-0.39, 0.29) is 23.5 Å². The molecule has 6 nitrogen and oxygen atoms in total. The van der Waals surface area contributed by atoms with E-state index >= 15 is 0 Å². The number of para-hydroxylation sites is 2. The van der Waals surface area contributed by atoms with Gasteiger partial charge in [-0.15, -0.1) is 0 Å². The lowest BCUT2D eigenvalue weighted by atomic mass is 9.33. The molecule has 7 aromatic carbocycles. The van der Waals surface area contributed by atoms with Crippen LogP contribution in [0.5, 0.6) is 0 Å². The van der Waals surface area contributed by atoms with Gasteiger partial charge >= 0.3 is 0 Å². The third kappa shape index (κ3) is 6.17. The highest BCUT2D eigenvalue weighted by Gasteiger charge is 2.49. The molecule has 332 valence electrons. The predicted molar refractivity (Wildman–Crippen MR) is 282 cm³/mol. The van der Waals surface area contributed by atoms with E-state index in [1.165, 1.54) is 22.2 Å². The molecule has 0 atom stereocenters. The van der Waals surface area contributed by atoms with E-state index in [1.54, 1.807) is 0 Å². The van der Waals surface area contributed by atoms with E-state index in [1.807, 2.05) is 36.4 Å². The van der Waals surface area contributed by atoms with Crippen LogP contribution in [0.4, 0.5) is 34.5 Å². The van der Waals surface area contributed by atoms with Gasteiger partial charge in [0, 0.05) is 66.3 Å². The van der Waals surface area contributed by atoms with Crippen molar-refractivity contribution in [3.63, 3.8) is 0 Å². The van der Waals surface area contributed by atoms with Crippen molar-refractivity contribution in [2.75, 3.05) is 9.80 Å². The average molecular weight is 887 g/mol. The molecule has 68 heavy (non-hydrogen) atoms. The van der Waals surface area contributed by atoms with E-state index in [0.717, 1.165) is 112 Å². The summed E-state index contributed by atoms with van der Waals surface area (Å²) in [6.45, 7) is 18.0. The van der Waals surface area contributed by atoms with Crippen molar-refractivity contribution < 1.29 is 17.7 Å². The number of benzene rings is 7. The smallest absolute Gasteiger partial charge is 0.262 e. The standard InChI is InChI=1S/C61H51BN2O4/c1-35(2)40-29-47-57-48(30-40)64(44-25-19-37(20-26-44)54-32-39-14-10-12-16-50(39)66-54)59-56(46-34-42(61(6,7)8)22-28-52(46)68-59)62(57)55-45-33-41(60(3,4)5)21-27-51(45)67-58(55)63(47)43-23-17-36(18-24-43)53-31-38-13-9-11-15-49(38)65-53/h9-35H,1-8H3. The van der Waals surface area contributed by atoms with Crippen molar-refractivity contribution in [2.45, 2.75) is 72.1 Å².